The summed E-state index contributed by atoms with van der Waals surface area (Å²) in [5, 5.41) is 3.17. The van der Waals surface area contributed by atoms with Gasteiger partial charge in [0.15, 0.2) is 5.17 Å². The van der Waals surface area contributed by atoms with E-state index in [-0.39, 0.29) is 23.3 Å². The first-order chi connectivity index (χ1) is 11.4. The molecule has 0 spiro atoms. The molecule has 1 saturated heterocycles. The summed E-state index contributed by atoms with van der Waals surface area (Å²) in [6.45, 7) is 0. The Morgan fingerprint density at radius 1 is 1.25 bits per heavy atom. The third-order valence-corrected chi connectivity index (χ3v) is 4.63. The van der Waals surface area contributed by atoms with Crippen molar-refractivity contribution in [3.8, 4) is 5.75 Å². The summed E-state index contributed by atoms with van der Waals surface area (Å²) in [5.41, 5.74) is 0.189. The molecule has 1 aliphatic carbocycles. The maximum absolute atomic E-state index is 12.5. The van der Waals surface area contributed by atoms with E-state index in [1.165, 1.54) is 24.3 Å². The van der Waals surface area contributed by atoms with E-state index in [0.717, 1.165) is 37.4 Å². The lowest BCUT2D eigenvalue weighted by atomic mass is 10.2. The first kappa shape index (κ1) is 16.9. The first-order valence-electron chi connectivity index (χ1n) is 7.54. The van der Waals surface area contributed by atoms with Crippen LogP contribution in [-0.2, 0) is 4.79 Å². The van der Waals surface area contributed by atoms with E-state index in [1.807, 2.05) is 0 Å². The summed E-state index contributed by atoms with van der Waals surface area (Å²) >= 11 is 1.14. The SMILES string of the molecule is O=C1NC(=NC2CCCC2)SC1=Cc1ccccc1OC(F)(F)F. The molecule has 2 aliphatic rings. The number of hydrogen-bond acceptors (Lipinski definition) is 4. The quantitative estimate of drug-likeness (QED) is 0.830. The van der Waals surface area contributed by atoms with Gasteiger partial charge in [-0.15, -0.1) is 13.2 Å². The summed E-state index contributed by atoms with van der Waals surface area (Å²) in [6, 6.07) is 5.92. The molecule has 1 heterocycles. The fraction of sp³-hybridized carbons (Fsp3) is 0.375. The molecule has 128 valence electrons. The number of nitrogens with one attached hydrogen (secondary N) is 1. The number of aliphatic imine (C=N–C) groups is 1. The Kier molecular flexibility index (Phi) is 4.84. The highest BCUT2D eigenvalue weighted by molar-refractivity contribution is 8.18. The maximum Gasteiger partial charge on any atom is 0.573 e. The van der Waals surface area contributed by atoms with Crippen LogP contribution in [0.4, 0.5) is 13.2 Å². The van der Waals surface area contributed by atoms with Crippen LogP contribution in [0, 0.1) is 0 Å². The van der Waals surface area contributed by atoms with Crippen molar-refractivity contribution < 1.29 is 22.7 Å². The zero-order chi connectivity index (χ0) is 17.2. The van der Waals surface area contributed by atoms with Crippen molar-refractivity contribution in [3.05, 3.63) is 34.7 Å². The molecule has 3 rings (SSSR count). The Morgan fingerprint density at radius 3 is 2.67 bits per heavy atom. The van der Waals surface area contributed by atoms with Gasteiger partial charge in [-0.2, -0.15) is 0 Å². The second kappa shape index (κ2) is 6.88. The second-order valence-electron chi connectivity index (χ2n) is 5.52. The van der Waals surface area contributed by atoms with Crippen molar-refractivity contribution in [3.63, 3.8) is 0 Å². The molecule has 1 amide bonds. The molecule has 0 radical (unpaired) electrons. The zero-order valence-electron chi connectivity index (χ0n) is 12.6. The van der Waals surface area contributed by atoms with Crippen LogP contribution in [0.2, 0.25) is 0 Å². The van der Waals surface area contributed by atoms with Crippen molar-refractivity contribution >= 4 is 28.9 Å². The molecule has 0 atom stereocenters. The molecule has 0 bridgehead atoms. The Balaban J connectivity index is 1.80. The molecule has 1 saturated carbocycles. The van der Waals surface area contributed by atoms with Gasteiger partial charge in [-0.1, -0.05) is 31.0 Å². The number of amidine groups is 1. The minimum absolute atomic E-state index is 0.189. The number of carbonyl (C=O) groups excluding carboxylic acids is 1. The van der Waals surface area contributed by atoms with Crippen LogP contribution in [0.15, 0.2) is 34.2 Å². The number of nitrogens with zero attached hydrogens (tertiary/aromatic N) is 1. The van der Waals surface area contributed by atoms with Gasteiger partial charge < -0.3 is 10.1 Å². The number of benzene rings is 1. The molecule has 24 heavy (non-hydrogen) atoms. The van der Waals surface area contributed by atoms with Crippen molar-refractivity contribution in [1.29, 1.82) is 0 Å². The van der Waals surface area contributed by atoms with Gasteiger partial charge in [-0.05, 0) is 36.7 Å². The standard InChI is InChI=1S/C16H15F3N2O2S/c17-16(18,19)23-12-8-4-1-5-10(12)9-13-14(22)21-15(24-13)20-11-6-2-3-7-11/h1,4-5,8-9,11H,2-3,6-7H2,(H,20,21,22). The molecular formula is C16H15F3N2O2S. The highest BCUT2D eigenvalue weighted by Crippen LogP contribution is 2.32. The number of para-hydroxylation sites is 1. The minimum atomic E-state index is -4.78. The van der Waals surface area contributed by atoms with Crippen molar-refractivity contribution in [2.75, 3.05) is 0 Å². The molecule has 0 aromatic heterocycles. The third kappa shape index (κ3) is 4.31. The van der Waals surface area contributed by atoms with Crippen LogP contribution in [0.3, 0.4) is 0 Å². The molecule has 0 unspecified atom stereocenters. The average molecular weight is 356 g/mol. The minimum Gasteiger partial charge on any atom is -0.405 e. The maximum atomic E-state index is 12.5. The molecule has 4 nitrogen and oxygen atoms in total. The van der Waals surface area contributed by atoms with Gasteiger partial charge in [-0.3, -0.25) is 9.79 Å². The molecule has 8 heteroatoms. The highest BCUT2D eigenvalue weighted by Gasteiger charge is 2.32. The Labute approximate surface area is 141 Å². The predicted octanol–water partition coefficient (Wildman–Crippen LogP) is 4.09. The van der Waals surface area contributed by atoms with E-state index >= 15 is 0 Å². The fourth-order valence-electron chi connectivity index (χ4n) is 2.65. The smallest absolute Gasteiger partial charge is 0.405 e. The first-order valence-corrected chi connectivity index (χ1v) is 8.36. The Hall–Kier alpha value is -1.96. The van der Waals surface area contributed by atoms with Crippen LogP contribution in [0.5, 0.6) is 5.75 Å². The van der Waals surface area contributed by atoms with E-state index in [9.17, 15) is 18.0 Å². The van der Waals surface area contributed by atoms with Gasteiger partial charge >= 0.3 is 6.36 Å². The van der Waals surface area contributed by atoms with Gasteiger partial charge in [0.05, 0.1) is 10.9 Å². The Morgan fingerprint density at radius 2 is 1.96 bits per heavy atom. The summed E-state index contributed by atoms with van der Waals surface area (Å²) in [7, 11) is 0. The van der Waals surface area contributed by atoms with Crippen molar-refractivity contribution in [1.82, 2.24) is 5.32 Å². The van der Waals surface area contributed by atoms with E-state index in [0.29, 0.717) is 10.1 Å². The van der Waals surface area contributed by atoms with Gasteiger partial charge in [0, 0.05) is 5.56 Å². The largest absolute Gasteiger partial charge is 0.573 e. The van der Waals surface area contributed by atoms with E-state index < -0.39 is 6.36 Å². The number of hydrogen-bond donors (Lipinski definition) is 1. The highest BCUT2D eigenvalue weighted by atomic mass is 32.2. The van der Waals surface area contributed by atoms with E-state index in [1.54, 1.807) is 6.07 Å². The van der Waals surface area contributed by atoms with Gasteiger partial charge in [0.2, 0.25) is 0 Å². The van der Waals surface area contributed by atoms with E-state index in [4.69, 9.17) is 0 Å². The molecular weight excluding hydrogens is 341 g/mol. The zero-order valence-corrected chi connectivity index (χ0v) is 13.4. The summed E-state index contributed by atoms with van der Waals surface area (Å²) < 4.78 is 41.4. The lowest BCUT2D eigenvalue weighted by Gasteiger charge is -2.11. The lowest BCUT2D eigenvalue weighted by molar-refractivity contribution is -0.274. The van der Waals surface area contributed by atoms with Crippen LogP contribution < -0.4 is 10.1 Å². The lowest BCUT2D eigenvalue weighted by Crippen LogP contribution is -2.21. The summed E-state index contributed by atoms with van der Waals surface area (Å²) in [6.07, 6.45) is 0.866. The Bertz CT molecular complexity index is 695. The van der Waals surface area contributed by atoms with Crippen molar-refractivity contribution in [2.24, 2.45) is 4.99 Å². The fourth-order valence-corrected chi connectivity index (χ4v) is 3.53. The van der Waals surface area contributed by atoms with Crippen LogP contribution in [0.1, 0.15) is 31.2 Å². The third-order valence-electron chi connectivity index (χ3n) is 3.71. The number of amides is 1. The normalized spacial score (nSPS) is 22.4. The van der Waals surface area contributed by atoms with Gasteiger partial charge in [0.25, 0.3) is 5.91 Å². The number of halogens is 3. The molecule has 1 aromatic rings. The van der Waals surface area contributed by atoms with Gasteiger partial charge in [-0.25, -0.2) is 0 Å². The average Bonchev–Trinajstić information content (AvgIpc) is 3.10. The van der Waals surface area contributed by atoms with Crippen LogP contribution in [-0.4, -0.2) is 23.5 Å². The van der Waals surface area contributed by atoms with Gasteiger partial charge in [0.1, 0.15) is 5.75 Å². The molecule has 1 aromatic carbocycles. The second-order valence-corrected chi connectivity index (χ2v) is 6.55. The molecule has 1 N–H and O–H groups in total. The number of carbonyl (C=O) groups is 1. The monoisotopic (exact) mass is 356 g/mol. The van der Waals surface area contributed by atoms with Crippen LogP contribution in [0.25, 0.3) is 6.08 Å². The topological polar surface area (TPSA) is 50.7 Å². The number of ether oxygens (including phenoxy) is 1. The molecule has 2 fully saturated rings. The number of thioether (sulfide) groups is 1. The van der Waals surface area contributed by atoms with Crippen LogP contribution >= 0.6 is 11.8 Å². The number of alkyl halides is 3. The number of rotatable bonds is 3. The summed E-state index contributed by atoms with van der Waals surface area (Å²) in [5.74, 6) is -0.703. The van der Waals surface area contributed by atoms with Crippen molar-refractivity contribution in [2.45, 2.75) is 38.1 Å². The summed E-state index contributed by atoms with van der Waals surface area (Å²) in [4.78, 5) is 16.8. The predicted molar refractivity (Wildman–Crippen MR) is 86.5 cm³/mol. The van der Waals surface area contributed by atoms with E-state index in [2.05, 4.69) is 15.0 Å². The molecule has 1 aliphatic heterocycles.